The molecule has 1 nitrogen and oxygen atoms in total. The third-order valence-corrected chi connectivity index (χ3v) is 1.29. The standard InChI is InChI=1S/C8H9O/c1-7-2-4-8(6-9)5-3-7/h2-5H,6H2,1H3. The Morgan fingerprint density at radius 2 is 1.78 bits per heavy atom. The van der Waals surface area contributed by atoms with Crippen LogP contribution in [-0.2, 0) is 11.7 Å². The van der Waals surface area contributed by atoms with Crippen molar-refractivity contribution in [2.24, 2.45) is 0 Å². The van der Waals surface area contributed by atoms with Gasteiger partial charge in [0.25, 0.3) is 0 Å². The highest BCUT2D eigenvalue weighted by Crippen LogP contribution is 2.01. The summed E-state index contributed by atoms with van der Waals surface area (Å²) in [5.41, 5.74) is 2.06. The normalized spacial score (nSPS) is 9.56. The fraction of sp³-hybridized carbons (Fsp3) is 0.250. The Labute approximate surface area is 55.0 Å². The predicted octanol–water partition coefficient (Wildman–Crippen LogP) is 1.93. The SMILES string of the molecule is Cc1ccc(C[O])cc1. The van der Waals surface area contributed by atoms with Gasteiger partial charge in [-0.2, -0.15) is 0 Å². The molecule has 1 heteroatoms. The summed E-state index contributed by atoms with van der Waals surface area (Å²) in [6, 6.07) is 7.63. The first kappa shape index (κ1) is 6.30. The van der Waals surface area contributed by atoms with E-state index in [4.69, 9.17) is 0 Å². The van der Waals surface area contributed by atoms with E-state index in [1.54, 1.807) is 0 Å². The van der Waals surface area contributed by atoms with E-state index in [1.165, 1.54) is 5.56 Å². The van der Waals surface area contributed by atoms with Gasteiger partial charge in [-0.25, -0.2) is 5.11 Å². The van der Waals surface area contributed by atoms with Gasteiger partial charge in [0.1, 0.15) is 6.61 Å². The van der Waals surface area contributed by atoms with Crippen LogP contribution in [0.3, 0.4) is 0 Å². The quantitative estimate of drug-likeness (QED) is 0.541. The molecule has 0 N–H and O–H groups in total. The van der Waals surface area contributed by atoms with Crippen LogP contribution in [0.4, 0.5) is 0 Å². The second-order valence-corrected chi connectivity index (χ2v) is 2.13. The summed E-state index contributed by atoms with van der Waals surface area (Å²) in [5.74, 6) is 0. The Morgan fingerprint density at radius 3 is 2.22 bits per heavy atom. The van der Waals surface area contributed by atoms with E-state index in [0.717, 1.165) is 5.56 Å². The zero-order valence-corrected chi connectivity index (χ0v) is 5.42. The number of hydrogen-bond donors (Lipinski definition) is 0. The molecule has 0 saturated carbocycles. The number of benzene rings is 1. The highest BCUT2D eigenvalue weighted by Gasteiger charge is 1.86. The molecule has 0 bridgehead atoms. The largest absolute Gasteiger partial charge is 0.232 e. The molecule has 0 heterocycles. The van der Waals surface area contributed by atoms with Gasteiger partial charge >= 0.3 is 0 Å². The lowest BCUT2D eigenvalue weighted by atomic mass is 10.2. The smallest absolute Gasteiger partial charge is 0.107 e. The van der Waals surface area contributed by atoms with Crippen molar-refractivity contribution in [3.63, 3.8) is 0 Å². The van der Waals surface area contributed by atoms with Gasteiger partial charge in [-0.1, -0.05) is 29.8 Å². The molecule has 0 spiro atoms. The maximum Gasteiger partial charge on any atom is 0.107 e. The molecule has 0 atom stereocenters. The first-order valence-electron chi connectivity index (χ1n) is 2.96. The van der Waals surface area contributed by atoms with Gasteiger partial charge < -0.3 is 0 Å². The van der Waals surface area contributed by atoms with Crippen molar-refractivity contribution in [3.05, 3.63) is 35.4 Å². The second kappa shape index (κ2) is 2.65. The van der Waals surface area contributed by atoms with Crippen LogP contribution in [0.2, 0.25) is 0 Å². The van der Waals surface area contributed by atoms with E-state index in [9.17, 15) is 5.11 Å². The van der Waals surface area contributed by atoms with E-state index >= 15 is 0 Å². The van der Waals surface area contributed by atoms with Gasteiger partial charge in [0.2, 0.25) is 0 Å². The molecule has 0 saturated heterocycles. The van der Waals surface area contributed by atoms with Crippen molar-refractivity contribution in [3.8, 4) is 0 Å². The highest BCUT2D eigenvalue weighted by molar-refractivity contribution is 5.20. The van der Waals surface area contributed by atoms with Crippen LogP contribution < -0.4 is 0 Å². The summed E-state index contributed by atoms with van der Waals surface area (Å²) < 4.78 is 0. The average Bonchev–Trinajstić information content (AvgIpc) is 1.90. The minimum atomic E-state index is -0.111. The molecule has 0 aliphatic heterocycles. The van der Waals surface area contributed by atoms with Crippen LogP contribution in [0.5, 0.6) is 0 Å². The van der Waals surface area contributed by atoms with Crippen molar-refractivity contribution >= 4 is 0 Å². The predicted molar refractivity (Wildman–Crippen MR) is 35.6 cm³/mol. The highest BCUT2D eigenvalue weighted by atomic mass is 16.3. The van der Waals surface area contributed by atoms with Crippen molar-refractivity contribution in [2.75, 3.05) is 0 Å². The van der Waals surface area contributed by atoms with Crippen molar-refractivity contribution in [1.82, 2.24) is 0 Å². The number of hydrogen-bond acceptors (Lipinski definition) is 0. The van der Waals surface area contributed by atoms with Crippen molar-refractivity contribution in [2.45, 2.75) is 13.5 Å². The molecule has 47 valence electrons. The molecule has 1 aromatic carbocycles. The van der Waals surface area contributed by atoms with E-state index in [0.29, 0.717) is 0 Å². The van der Waals surface area contributed by atoms with E-state index < -0.39 is 0 Å². The molecular weight excluding hydrogens is 112 g/mol. The number of rotatable bonds is 1. The monoisotopic (exact) mass is 121 g/mol. The molecule has 1 aromatic rings. The fourth-order valence-corrected chi connectivity index (χ4v) is 0.684. The summed E-state index contributed by atoms with van der Waals surface area (Å²) >= 11 is 0. The lowest BCUT2D eigenvalue weighted by Gasteiger charge is -1.92. The van der Waals surface area contributed by atoms with Crippen LogP contribution in [0.15, 0.2) is 24.3 Å². The Morgan fingerprint density at radius 1 is 1.22 bits per heavy atom. The van der Waals surface area contributed by atoms with E-state index in [1.807, 2.05) is 31.2 Å². The van der Waals surface area contributed by atoms with Gasteiger partial charge in [0, 0.05) is 0 Å². The van der Waals surface area contributed by atoms with Gasteiger partial charge in [0.05, 0.1) is 0 Å². The van der Waals surface area contributed by atoms with Gasteiger partial charge in [-0.3, -0.25) is 0 Å². The summed E-state index contributed by atoms with van der Waals surface area (Å²) in [6.07, 6.45) is 0. The summed E-state index contributed by atoms with van der Waals surface area (Å²) in [4.78, 5) is 0. The third kappa shape index (κ3) is 1.54. The molecule has 1 radical (unpaired) electrons. The Hall–Kier alpha value is -0.820. The lowest BCUT2D eigenvalue weighted by Crippen LogP contribution is -1.79. The third-order valence-electron chi connectivity index (χ3n) is 1.29. The summed E-state index contributed by atoms with van der Waals surface area (Å²) in [6.45, 7) is 1.90. The Kier molecular flexibility index (Phi) is 1.85. The first-order valence-corrected chi connectivity index (χ1v) is 2.96. The van der Waals surface area contributed by atoms with Crippen molar-refractivity contribution < 1.29 is 5.11 Å². The molecule has 0 aliphatic rings. The zero-order chi connectivity index (χ0) is 6.69. The summed E-state index contributed by atoms with van der Waals surface area (Å²) in [7, 11) is 0. The first-order chi connectivity index (χ1) is 4.33. The van der Waals surface area contributed by atoms with Gasteiger partial charge in [0.15, 0.2) is 0 Å². The molecule has 9 heavy (non-hydrogen) atoms. The van der Waals surface area contributed by atoms with E-state index in [-0.39, 0.29) is 6.61 Å². The van der Waals surface area contributed by atoms with Crippen LogP contribution in [-0.4, -0.2) is 0 Å². The summed E-state index contributed by atoms with van der Waals surface area (Å²) in [5, 5.41) is 10.2. The number of aryl methyl sites for hydroxylation is 1. The Balaban J connectivity index is 2.88. The van der Waals surface area contributed by atoms with Gasteiger partial charge in [-0.05, 0) is 12.5 Å². The molecular formula is C8H9O. The topological polar surface area (TPSA) is 19.9 Å². The maximum atomic E-state index is 10.2. The van der Waals surface area contributed by atoms with Crippen molar-refractivity contribution in [1.29, 1.82) is 0 Å². The van der Waals surface area contributed by atoms with Crippen LogP contribution >= 0.6 is 0 Å². The molecule has 1 rings (SSSR count). The van der Waals surface area contributed by atoms with Gasteiger partial charge in [-0.15, -0.1) is 0 Å². The van der Waals surface area contributed by atoms with E-state index in [2.05, 4.69) is 0 Å². The Bertz CT molecular complexity index is 176. The molecule has 0 amide bonds. The minimum absolute atomic E-state index is 0.111. The zero-order valence-electron chi connectivity index (χ0n) is 5.42. The van der Waals surface area contributed by atoms with Crippen LogP contribution in [0.1, 0.15) is 11.1 Å². The molecule has 0 aliphatic carbocycles. The lowest BCUT2D eigenvalue weighted by molar-refractivity contribution is 0.177. The van der Waals surface area contributed by atoms with Crippen LogP contribution in [0, 0.1) is 6.92 Å². The maximum absolute atomic E-state index is 10.2. The molecule has 0 aromatic heterocycles. The molecule has 0 unspecified atom stereocenters. The average molecular weight is 121 g/mol. The fourth-order valence-electron chi connectivity index (χ4n) is 0.684. The minimum Gasteiger partial charge on any atom is -0.232 e. The second-order valence-electron chi connectivity index (χ2n) is 2.13. The van der Waals surface area contributed by atoms with Crippen LogP contribution in [0.25, 0.3) is 0 Å². The molecule has 0 fully saturated rings.